The molecule has 1 N–H and O–H groups in total. The van der Waals surface area contributed by atoms with Crippen LogP contribution in [0.4, 0.5) is 4.79 Å². The van der Waals surface area contributed by atoms with Crippen molar-refractivity contribution in [3.8, 4) is 0 Å². The molecule has 2 fully saturated rings. The van der Waals surface area contributed by atoms with Crippen molar-refractivity contribution >= 4 is 16.1 Å². The largest absolute Gasteiger partial charge is 0.334 e. The standard InChI is InChI=1S/C22H36N4O3S/c1-18-13-19(2)16-24(15-18)17-21-7-5-20(6-8-21)14-23-22(27)25-9-4-10-26(12-11-25)30(3,28)29/h5-8,18-19H,4,9-17H2,1-3H3,(H,23,27). The highest BCUT2D eigenvalue weighted by molar-refractivity contribution is 7.88. The van der Waals surface area contributed by atoms with Gasteiger partial charge >= 0.3 is 6.03 Å². The summed E-state index contributed by atoms with van der Waals surface area (Å²) in [6.07, 6.45) is 3.19. The molecule has 1 aromatic rings. The second kappa shape index (κ2) is 10.1. The van der Waals surface area contributed by atoms with Crippen LogP contribution >= 0.6 is 0 Å². The van der Waals surface area contributed by atoms with Crippen LogP contribution in [0, 0.1) is 11.8 Å². The summed E-state index contributed by atoms with van der Waals surface area (Å²) in [5.74, 6) is 1.51. The normalized spacial score (nSPS) is 24.4. The minimum absolute atomic E-state index is 0.134. The van der Waals surface area contributed by atoms with E-state index in [0.717, 1.165) is 37.0 Å². The Labute approximate surface area is 181 Å². The van der Waals surface area contributed by atoms with Crippen molar-refractivity contribution in [2.75, 3.05) is 45.5 Å². The van der Waals surface area contributed by atoms with Gasteiger partial charge in [-0.05, 0) is 35.8 Å². The molecule has 2 aliphatic heterocycles. The first-order chi connectivity index (χ1) is 14.2. The molecule has 168 valence electrons. The number of carbonyl (C=O) groups excluding carboxylic acids is 1. The van der Waals surface area contributed by atoms with Gasteiger partial charge in [-0.25, -0.2) is 17.5 Å². The van der Waals surface area contributed by atoms with Crippen molar-refractivity contribution in [1.82, 2.24) is 19.4 Å². The summed E-state index contributed by atoms with van der Waals surface area (Å²) < 4.78 is 24.9. The lowest BCUT2D eigenvalue weighted by Crippen LogP contribution is -2.42. The van der Waals surface area contributed by atoms with Crippen molar-refractivity contribution < 1.29 is 13.2 Å². The van der Waals surface area contributed by atoms with Crippen LogP contribution in [0.5, 0.6) is 0 Å². The summed E-state index contributed by atoms with van der Waals surface area (Å²) in [5.41, 5.74) is 2.37. The van der Waals surface area contributed by atoms with Gasteiger partial charge in [-0.15, -0.1) is 0 Å². The van der Waals surface area contributed by atoms with Crippen molar-refractivity contribution in [2.24, 2.45) is 11.8 Å². The molecule has 2 heterocycles. The maximum absolute atomic E-state index is 12.5. The summed E-state index contributed by atoms with van der Waals surface area (Å²) in [5, 5.41) is 2.97. The molecular weight excluding hydrogens is 400 g/mol. The third kappa shape index (κ3) is 6.68. The average Bonchev–Trinajstić information content (AvgIpc) is 2.93. The van der Waals surface area contributed by atoms with Gasteiger partial charge in [0.05, 0.1) is 6.26 Å². The number of likely N-dealkylation sites (tertiary alicyclic amines) is 1. The SMILES string of the molecule is CC1CC(C)CN(Cc2ccc(CNC(=O)N3CCCN(S(C)(=O)=O)CC3)cc2)C1. The Morgan fingerprint density at radius 1 is 1.00 bits per heavy atom. The van der Waals surface area contributed by atoms with Gasteiger partial charge in [0.25, 0.3) is 0 Å². The van der Waals surface area contributed by atoms with E-state index in [1.165, 1.54) is 22.5 Å². The van der Waals surface area contributed by atoms with E-state index in [1.54, 1.807) is 4.90 Å². The first-order valence-corrected chi connectivity index (χ1v) is 12.8. The molecule has 0 spiro atoms. The topological polar surface area (TPSA) is 73.0 Å². The molecule has 2 amide bonds. The zero-order chi connectivity index (χ0) is 21.7. The van der Waals surface area contributed by atoms with Gasteiger partial charge in [-0.3, -0.25) is 4.90 Å². The van der Waals surface area contributed by atoms with Crippen molar-refractivity contribution in [1.29, 1.82) is 0 Å². The van der Waals surface area contributed by atoms with E-state index in [-0.39, 0.29) is 6.03 Å². The zero-order valence-electron chi connectivity index (χ0n) is 18.5. The van der Waals surface area contributed by atoms with Crippen molar-refractivity contribution in [3.63, 3.8) is 0 Å². The number of hydrogen-bond acceptors (Lipinski definition) is 4. The summed E-state index contributed by atoms with van der Waals surface area (Å²) in [7, 11) is -3.20. The number of sulfonamides is 1. The van der Waals surface area contributed by atoms with E-state index >= 15 is 0 Å². The molecule has 3 rings (SSSR count). The molecule has 7 nitrogen and oxygen atoms in total. The van der Waals surface area contributed by atoms with E-state index < -0.39 is 10.0 Å². The first-order valence-electron chi connectivity index (χ1n) is 11.0. The number of nitrogens with zero attached hydrogens (tertiary/aromatic N) is 3. The fourth-order valence-corrected chi connectivity index (χ4v) is 5.53. The molecule has 2 unspecified atom stereocenters. The molecule has 30 heavy (non-hydrogen) atoms. The zero-order valence-corrected chi connectivity index (χ0v) is 19.3. The third-order valence-corrected chi connectivity index (χ3v) is 7.33. The molecule has 2 atom stereocenters. The second-order valence-corrected chi connectivity index (χ2v) is 11.1. The predicted molar refractivity (Wildman–Crippen MR) is 120 cm³/mol. The van der Waals surface area contributed by atoms with Crippen molar-refractivity contribution in [2.45, 2.75) is 39.8 Å². The minimum atomic E-state index is -3.20. The summed E-state index contributed by atoms with van der Waals surface area (Å²) in [4.78, 5) is 16.8. The number of nitrogens with one attached hydrogen (secondary N) is 1. The molecule has 0 saturated carbocycles. The van der Waals surface area contributed by atoms with Crippen LogP contribution in [-0.2, 0) is 23.1 Å². The van der Waals surface area contributed by atoms with Gasteiger partial charge < -0.3 is 10.2 Å². The average molecular weight is 437 g/mol. The van der Waals surface area contributed by atoms with Crippen LogP contribution in [0.3, 0.4) is 0 Å². The second-order valence-electron chi connectivity index (χ2n) is 9.12. The smallest absolute Gasteiger partial charge is 0.317 e. The number of amides is 2. The number of carbonyl (C=O) groups is 1. The molecule has 0 aliphatic carbocycles. The van der Waals surface area contributed by atoms with Crippen LogP contribution in [0.1, 0.15) is 37.8 Å². The maximum atomic E-state index is 12.5. The van der Waals surface area contributed by atoms with Gasteiger partial charge in [-0.2, -0.15) is 0 Å². The fourth-order valence-electron chi connectivity index (χ4n) is 4.66. The van der Waals surface area contributed by atoms with Gasteiger partial charge in [0.2, 0.25) is 10.0 Å². The van der Waals surface area contributed by atoms with Crippen LogP contribution in [0.2, 0.25) is 0 Å². The Morgan fingerprint density at radius 2 is 1.63 bits per heavy atom. The van der Waals surface area contributed by atoms with Crippen molar-refractivity contribution in [3.05, 3.63) is 35.4 Å². The number of rotatable bonds is 5. The molecule has 0 aromatic heterocycles. The van der Waals surface area contributed by atoms with E-state index in [2.05, 4.69) is 48.3 Å². The Hall–Kier alpha value is -1.64. The third-order valence-electron chi connectivity index (χ3n) is 6.03. The number of piperidine rings is 1. The van der Waals surface area contributed by atoms with Crippen LogP contribution < -0.4 is 5.32 Å². The van der Waals surface area contributed by atoms with Gasteiger partial charge in [0.1, 0.15) is 0 Å². The molecule has 2 aliphatic rings. The maximum Gasteiger partial charge on any atom is 0.317 e. The fraction of sp³-hybridized carbons (Fsp3) is 0.682. The number of hydrogen-bond donors (Lipinski definition) is 1. The summed E-state index contributed by atoms with van der Waals surface area (Å²) in [6, 6.07) is 8.34. The Balaban J connectivity index is 1.46. The molecule has 0 bridgehead atoms. The van der Waals surface area contributed by atoms with Crippen LogP contribution in [-0.4, -0.2) is 74.1 Å². The van der Waals surface area contributed by atoms with E-state index in [0.29, 0.717) is 39.1 Å². The number of benzene rings is 1. The highest BCUT2D eigenvalue weighted by Crippen LogP contribution is 2.22. The minimum Gasteiger partial charge on any atom is -0.334 e. The molecule has 8 heteroatoms. The van der Waals surface area contributed by atoms with E-state index in [1.807, 2.05) is 0 Å². The van der Waals surface area contributed by atoms with Gasteiger partial charge in [0, 0.05) is 52.4 Å². The highest BCUT2D eigenvalue weighted by Gasteiger charge is 2.24. The summed E-state index contributed by atoms with van der Waals surface area (Å²) in [6.45, 7) is 10.3. The van der Waals surface area contributed by atoms with Gasteiger partial charge in [-0.1, -0.05) is 38.1 Å². The lowest BCUT2D eigenvalue weighted by atomic mass is 9.91. The Morgan fingerprint density at radius 3 is 2.27 bits per heavy atom. The molecule has 2 saturated heterocycles. The van der Waals surface area contributed by atoms with E-state index in [9.17, 15) is 13.2 Å². The van der Waals surface area contributed by atoms with Crippen LogP contribution in [0.25, 0.3) is 0 Å². The lowest BCUT2D eigenvalue weighted by molar-refractivity contribution is 0.134. The molecule has 1 aromatic carbocycles. The van der Waals surface area contributed by atoms with E-state index in [4.69, 9.17) is 0 Å². The Kier molecular flexibility index (Phi) is 7.76. The lowest BCUT2D eigenvalue weighted by Gasteiger charge is -2.35. The Bertz CT molecular complexity index is 802. The predicted octanol–water partition coefficient (Wildman–Crippen LogP) is 2.34. The summed E-state index contributed by atoms with van der Waals surface area (Å²) >= 11 is 0. The first kappa shape index (κ1) is 23.0. The highest BCUT2D eigenvalue weighted by atomic mass is 32.2. The van der Waals surface area contributed by atoms with Gasteiger partial charge in [0.15, 0.2) is 0 Å². The molecule has 0 radical (unpaired) electrons. The monoisotopic (exact) mass is 436 g/mol. The van der Waals surface area contributed by atoms with Crippen LogP contribution in [0.15, 0.2) is 24.3 Å². The molecular formula is C22H36N4O3S. The quantitative estimate of drug-likeness (QED) is 0.769. The number of urea groups is 1.